The highest BCUT2D eigenvalue weighted by Crippen LogP contribution is 2.37. The van der Waals surface area contributed by atoms with Gasteiger partial charge in [0.25, 0.3) is 0 Å². The van der Waals surface area contributed by atoms with E-state index in [2.05, 4.69) is 18.9 Å². The van der Waals surface area contributed by atoms with Crippen LogP contribution in [0.5, 0.6) is 0 Å². The first kappa shape index (κ1) is 13.4. The van der Waals surface area contributed by atoms with Crippen molar-refractivity contribution in [2.75, 3.05) is 20.1 Å². The molecule has 0 spiro atoms. The van der Waals surface area contributed by atoms with Gasteiger partial charge in [0, 0.05) is 19.1 Å². The van der Waals surface area contributed by atoms with Crippen LogP contribution in [0.4, 0.5) is 0 Å². The lowest BCUT2D eigenvalue weighted by Gasteiger charge is -2.36. The normalized spacial score (nSPS) is 35.6. The van der Waals surface area contributed by atoms with Gasteiger partial charge in [0.15, 0.2) is 0 Å². The Morgan fingerprint density at radius 2 is 1.82 bits per heavy atom. The average molecular weight is 238 g/mol. The molecular formula is C15H30N2. The van der Waals surface area contributed by atoms with Gasteiger partial charge < -0.3 is 10.6 Å². The monoisotopic (exact) mass is 238 g/mol. The lowest BCUT2D eigenvalue weighted by atomic mass is 9.83. The van der Waals surface area contributed by atoms with Gasteiger partial charge in [-0.25, -0.2) is 0 Å². The van der Waals surface area contributed by atoms with E-state index >= 15 is 0 Å². The molecule has 0 bridgehead atoms. The molecule has 2 rings (SSSR count). The summed E-state index contributed by atoms with van der Waals surface area (Å²) in [6.07, 6.45) is 11.2. The van der Waals surface area contributed by atoms with E-state index in [0.29, 0.717) is 11.5 Å². The summed E-state index contributed by atoms with van der Waals surface area (Å²) in [5.74, 6) is 0.954. The van der Waals surface area contributed by atoms with Gasteiger partial charge in [-0.3, -0.25) is 0 Å². The van der Waals surface area contributed by atoms with Crippen molar-refractivity contribution in [1.29, 1.82) is 0 Å². The molecule has 0 saturated heterocycles. The number of nitrogens with two attached hydrogens (primary N) is 1. The lowest BCUT2D eigenvalue weighted by molar-refractivity contribution is 0.149. The van der Waals surface area contributed by atoms with Crippen LogP contribution in [0.1, 0.15) is 58.3 Å². The fourth-order valence-electron chi connectivity index (χ4n) is 3.95. The van der Waals surface area contributed by atoms with Crippen LogP contribution in [-0.4, -0.2) is 31.1 Å². The van der Waals surface area contributed by atoms with E-state index in [4.69, 9.17) is 5.73 Å². The second kappa shape index (κ2) is 5.71. The van der Waals surface area contributed by atoms with Crippen molar-refractivity contribution in [3.63, 3.8) is 0 Å². The van der Waals surface area contributed by atoms with Crippen molar-refractivity contribution >= 4 is 0 Å². The van der Waals surface area contributed by atoms with Crippen molar-refractivity contribution in [3.05, 3.63) is 0 Å². The summed E-state index contributed by atoms with van der Waals surface area (Å²) in [4.78, 5) is 2.56. The Morgan fingerprint density at radius 1 is 1.12 bits per heavy atom. The van der Waals surface area contributed by atoms with Crippen LogP contribution in [-0.2, 0) is 0 Å². The van der Waals surface area contributed by atoms with Gasteiger partial charge in [0.2, 0.25) is 0 Å². The molecule has 0 radical (unpaired) electrons. The predicted molar refractivity (Wildman–Crippen MR) is 74.0 cm³/mol. The second-order valence-electron chi connectivity index (χ2n) is 6.85. The SMILES string of the molecule is CN(CC1CCCCC1)CC1(C)CCCC1N. The van der Waals surface area contributed by atoms with Gasteiger partial charge in [-0.2, -0.15) is 0 Å². The Morgan fingerprint density at radius 3 is 2.41 bits per heavy atom. The first-order valence-corrected chi connectivity index (χ1v) is 7.54. The van der Waals surface area contributed by atoms with Crippen molar-refractivity contribution in [3.8, 4) is 0 Å². The maximum Gasteiger partial charge on any atom is 0.0105 e. The Balaban J connectivity index is 1.77. The van der Waals surface area contributed by atoms with Crippen LogP contribution < -0.4 is 5.73 Å². The number of hydrogen-bond acceptors (Lipinski definition) is 2. The largest absolute Gasteiger partial charge is 0.327 e. The van der Waals surface area contributed by atoms with Gasteiger partial charge in [-0.05, 0) is 44.1 Å². The molecule has 2 nitrogen and oxygen atoms in total. The molecule has 2 heteroatoms. The van der Waals surface area contributed by atoms with Gasteiger partial charge in [0.1, 0.15) is 0 Å². The van der Waals surface area contributed by atoms with E-state index in [9.17, 15) is 0 Å². The maximum absolute atomic E-state index is 6.27. The molecule has 2 fully saturated rings. The second-order valence-corrected chi connectivity index (χ2v) is 6.85. The maximum atomic E-state index is 6.27. The van der Waals surface area contributed by atoms with Gasteiger partial charge >= 0.3 is 0 Å². The standard InChI is InChI=1S/C15H30N2/c1-15(10-6-9-14(15)16)12-17(2)11-13-7-4-3-5-8-13/h13-14H,3-12,16H2,1-2H3. The molecule has 2 N–H and O–H groups in total. The summed E-state index contributed by atoms with van der Waals surface area (Å²) in [7, 11) is 2.30. The predicted octanol–water partition coefficient (Wildman–Crippen LogP) is 3.02. The molecule has 2 aliphatic rings. The molecule has 0 aliphatic heterocycles. The molecule has 2 aliphatic carbocycles. The molecule has 100 valence electrons. The van der Waals surface area contributed by atoms with E-state index in [0.717, 1.165) is 5.92 Å². The molecule has 0 aromatic carbocycles. The third kappa shape index (κ3) is 3.45. The minimum absolute atomic E-state index is 0.378. The Labute approximate surface area is 107 Å². The smallest absolute Gasteiger partial charge is 0.0105 e. The third-order valence-corrected chi connectivity index (χ3v) is 5.08. The van der Waals surface area contributed by atoms with Gasteiger partial charge in [-0.1, -0.05) is 32.6 Å². The molecule has 0 aromatic heterocycles. The topological polar surface area (TPSA) is 29.3 Å². The van der Waals surface area contributed by atoms with Crippen molar-refractivity contribution in [1.82, 2.24) is 4.90 Å². The van der Waals surface area contributed by atoms with Crippen LogP contribution >= 0.6 is 0 Å². The molecule has 2 atom stereocenters. The zero-order valence-electron chi connectivity index (χ0n) is 11.8. The third-order valence-electron chi connectivity index (χ3n) is 5.08. The van der Waals surface area contributed by atoms with Gasteiger partial charge in [0.05, 0.1) is 0 Å². The zero-order chi connectivity index (χ0) is 12.3. The van der Waals surface area contributed by atoms with Crippen molar-refractivity contribution in [2.24, 2.45) is 17.1 Å². The van der Waals surface area contributed by atoms with E-state index in [1.54, 1.807) is 0 Å². The molecule has 0 amide bonds. The lowest BCUT2D eigenvalue weighted by Crippen LogP contribution is -2.44. The van der Waals surface area contributed by atoms with Crippen LogP contribution in [0, 0.1) is 11.3 Å². The zero-order valence-corrected chi connectivity index (χ0v) is 11.8. The van der Waals surface area contributed by atoms with Crippen LogP contribution in [0.2, 0.25) is 0 Å². The molecule has 0 heterocycles. The van der Waals surface area contributed by atoms with Crippen molar-refractivity contribution in [2.45, 2.75) is 64.3 Å². The number of hydrogen-bond donors (Lipinski definition) is 1. The summed E-state index contributed by atoms with van der Waals surface area (Å²) in [5.41, 5.74) is 6.65. The molecule has 17 heavy (non-hydrogen) atoms. The fourth-order valence-corrected chi connectivity index (χ4v) is 3.95. The molecule has 2 unspecified atom stereocenters. The van der Waals surface area contributed by atoms with Crippen molar-refractivity contribution < 1.29 is 0 Å². The highest BCUT2D eigenvalue weighted by molar-refractivity contribution is 4.93. The summed E-state index contributed by atoms with van der Waals surface area (Å²) in [6.45, 7) is 4.88. The minimum Gasteiger partial charge on any atom is -0.327 e. The highest BCUT2D eigenvalue weighted by atomic mass is 15.1. The van der Waals surface area contributed by atoms with Crippen LogP contribution in [0.25, 0.3) is 0 Å². The van der Waals surface area contributed by atoms with Gasteiger partial charge in [-0.15, -0.1) is 0 Å². The average Bonchev–Trinajstić information content (AvgIpc) is 2.60. The molecule has 2 saturated carbocycles. The fraction of sp³-hybridized carbons (Fsp3) is 1.00. The molecule has 0 aromatic rings. The Bertz CT molecular complexity index is 235. The number of rotatable bonds is 4. The van der Waals surface area contributed by atoms with E-state index in [-0.39, 0.29) is 0 Å². The van der Waals surface area contributed by atoms with Crippen LogP contribution in [0.15, 0.2) is 0 Å². The first-order valence-electron chi connectivity index (χ1n) is 7.54. The quantitative estimate of drug-likeness (QED) is 0.816. The van der Waals surface area contributed by atoms with E-state index in [1.807, 2.05) is 0 Å². The first-order chi connectivity index (χ1) is 8.10. The minimum atomic E-state index is 0.378. The Hall–Kier alpha value is -0.0800. The summed E-state index contributed by atoms with van der Waals surface area (Å²) in [5, 5.41) is 0. The number of nitrogens with zero attached hydrogens (tertiary/aromatic N) is 1. The molecular weight excluding hydrogens is 208 g/mol. The van der Waals surface area contributed by atoms with E-state index in [1.165, 1.54) is 64.5 Å². The summed E-state index contributed by atoms with van der Waals surface area (Å²) >= 11 is 0. The summed E-state index contributed by atoms with van der Waals surface area (Å²) < 4.78 is 0. The summed E-state index contributed by atoms with van der Waals surface area (Å²) in [6, 6.07) is 0.427. The highest BCUT2D eigenvalue weighted by Gasteiger charge is 2.37. The van der Waals surface area contributed by atoms with Crippen LogP contribution in [0.3, 0.4) is 0 Å². The Kier molecular flexibility index (Phi) is 4.48. The van der Waals surface area contributed by atoms with E-state index < -0.39 is 0 Å².